The Morgan fingerprint density at radius 2 is 2.00 bits per heavy atom. The third kappa shape index (κ3) is 3.02. The van der Waals surface area contributed by atoms with E-state index in [1.54, 1.807) is 25.1 Å². The van der Waals surface area contributed by atoms with Gasteiger partial charge < -0.3 is 5.32 Å². The molecule has 0 bridgehead atoms. The number of hydrogen-bond acceptors (Lipinski definition) is 3. The molecule has 1 N–H and O–H groups in total. The van der Waals surface area contributed by atoms with Gasteiger partial charge in [0.25, 0.3) is 0 Å². The van der Waals surface area contributed by atoms with E-state index < -0.39 is 5.82 Å². The second-order valence-corrected chi connectivity index (χ2v) is 5.11. The monoisotopic (exact) mass is 313 g/mol. The first kappa shape index (κ1) is 15.0. The zero-order chi connectivity index (χ0) is 14.7. The molecule has 0 atom stereocenters. The molecule has 1 aromatic heterocycles. The summed E-state index contributed by atoms with van der Waals surface area (Å²) in [5.41, 5.74) is 0.853. The van der Waals surface area contributed by atoms with Gasteiger partial charge in [0.1, 0.15) is 0 Å². The largest absolute Gasteiger partial charge is 0.368 e. The normalized spacial score (nSPS) is 10.7. The van der Waals surface area contributed by atoms with E-state index in [0.29, 0.717) is 28.0 Å². The third-order valence-electron chi connectivity index (χ3n) is 2.75. The summed E-state index contributed by atoms with van der Waals surface area (Å²) < 4.78 is 14.0. The first-order valence-electron chi connectivity index (χ1n) is 6.27. The van der Waals surface area contributed by atoms with Crippen LogP contribution in [0.5, 0.6) is 0 Å². The van der Waals surface area contributed by atoms with Crippen LogP contribution in [0, 0.1) is 12.7 Å². The third-order valence-corrected chi connectivity index (χ3v) is 3.57. The lowest BCUT2D eigenvalue weighted by molar-refractivity contribution is 0.605. The molecule has 0 saturated heterocycles. The Balaban J connectivity index is 2.52. The Morgan fingerprint density at radius 3 is 2.70 bits per heavy atom. The van der Waals surface area contributed by atoms with E-state index in [1.165, 1.54) is 0 Å². The molecule has 0 aliphatic rings. The Bertz CT molecular complexity index is 632. The van der Waals surface area contributed by atoms with Crippen LogP contribution in [0.4, 0.5) is 10.2 Å². The molecule has 1 aromatic carbocycles. The SMILES string of the molecule is CCCNc1nc(-c2cccc(Cl)c2Cl)nc(C)c1F. The molecule has 0 radical (unpaired) electrons. The minimum absolute atomic E-state index is 0.186. The average molecular weight is 314 g/mol. The van der Waals surface area contributed by atoms with Crippen molar-refractivity contribution < 1.29 is 4.39 Å². The molecular formula is C14H14Cl2FN3. The molecule has 106 valence electrons. The van der Waals surface area contributed by atoms with Gasteiger partial charge in [-0.1, -0.05) is 36.2 Å². The van der Waals surface area contributed by atoms with E-state index in [0.717, 1.165) is 6.42 Å². The number of aromatic nitrogens is 2. The second kappa shape index (κ2) is 6.37. The van der Waals surface area contributed by atoms with Gasteiger partial charge in [-0.2, -0.15) is 0 Å². The van der Waals surface area contributed by atoms with Crippen LogP contribution in [0.25, 0.3) is 11.4 Å². The summed E-state index contributed by atoms with van der Waals surface area (Å²) in [6, 6.07) is 5.19. The molecule has 0 saturated carbocycles. The molecule has 6 heteroatoms. The Kier molecular flexibility index (Phi) is 4.78. The summed E-state index contributed by atoms with van der Waals surface area (Å²) in [7, 11) is 0. The number of halogens is 3. The molecule has 2 rings (SSSR count). The molecule has 3 nitrogen and oxygen atoms in total. The van der Waals surface area contributed by atoms with Crippen LogP contribution in [0.15, 0.2) is 18.2 Å². The van der Waals surface area contributed by atoms with E-state index in [1.807, 2.05) is 6.92 Å². The van der Waals surface area contributed by atoms with Crippen LogP contribution < -0.4 is 5.32 Å². The van der Waals surface area contributed by atoms with Crippen molar-refractivity contribution in [2.45, 2.75) is 20.3 Å². The van der Waals surface area contributed by atoms with Gasteiger partial charge in [-0.3, -0.25) is 0 Å². The van der Waals surface area contributed by atoms with Gasteiger partial charge >= 0.3 is 0 Å². The van der Waals surface area contributed by atoms with Gasteiger partial charge in [0.15, 0.2) is 17.5 Å². The van der Waals surface area contributed by atoms with Crippen LogP contribution in [0.2, 0.25) is 10.0 Å². The van der Waals surface area contributed by atoms with Crippen LogP contribution in [-0.2, 0) is 0 Å². The predicted molar refractivity (Wildman–Crippen MR) is 81.0 cm³/mol. The molecule has 2 aromatic rings. The number of nitrogens with zero attached hydrogens (tertiary/aromatic N) is 2. The van der Waals surface area contributed by atoms with Crippen molar-refractivity contribution in [1.29, 1.82) is 0 Å². The minimum Gasteiger partial charge on any atom is -0.368 e. The first-order valence-corrected chi connectivity index (χ1v) is 7.02. The van der Waals surface area contributed by atoms with E-state index >= 15 is 0 Å². The summed E-state index contributed by atoms with van der Waals surface area (Å²) in [4.78, 5) is 8.35. The lowest BCUT2D eigenvalue weighted by Gasteiger charge is -2.10. The second-order valence-electron chi connectivity index (χ2n) is 4.32. The summed E-state index contributed by atoms with van der Waals surface area (Å²) in [6.07, 6.45) is 0.871. The van der Waals surface area contributed by atoms with Gasteiger partial charge in [0.2, 0.25) is 0 Å². The number of rotatable bonds is 4. The summed E-state index contributed by atoms with van der Waals surface area (Å²) in [6.45, 7) is 4.22. The van der Waals surface area contributed by atoms with Crippen molar-refractivity contribution in [1.82, 2.24) is 9.97 Å². The number of hydrogen-bond donors (Lipinski definition) is 1. The fraction of sp³-hybridized carbons (Fsp3) is 0.286. The van der Waals surface area contributed by atoms with Crippen LogP contribution in [-0.4, -0.2) is 16.5 Å². The maximum atomic E-state index is 14.0. The number of aryl methyl sites for hydroxylation is 1. The Hall–Kier alpha value is -1.39. The highest BCUT2D eigenvalue weighted by Crippen LogP contribution is 2.32. The molecule has 0 amide bonds. The maximum Gasteiger partial charge on any atom is 0.186 e. The molecule has 0 aliphatic heterocycles. The van der Waals surface area contributed by atoms with Gasteiger partial charge in [0.05, 0.1) is 15.7 Å². The quantitative estimate of drug-likeness (QED) is 0.887. The van der Waals surface area contributed by atoms with E-state index in [4.69, 9.17) is 23.2 Å². The van der Waals surface area contributed by atoms with Crippen molar-refractivity contribution >= 4 is 29.0 Å². The van der Waals surface area contributed by atoms with E-state index in [2.05, 4.69) is 15.3 Å². The first-order chi connectivity index (χ1) is 9.54. The Labute approximate surface area is 127 Å². The molecule has 0 spiro atoms. The topological polar surface area (TPSA) is 37.8 Å². The van der Waals surface area contributed by atoms with E-state index in [9.17, 15) is 4.39 Å². The maximum absolute atomic E-state index is 14.0. The number of nitrogens with one attached hydrogen (secondary N) is 1. The zero-order valence-corrected chi connectivity index (χ0v) is 12.7. The highest BCUT2D eigenvalue weighted by Gasteiger charge is 2.15. The van der Waals surface area contributed by atoms with Crippen molar-refractivity contribution in [2.75, 3.05) is 11.9 Å². The smallest absolute Gasteiger partial charge is 0.186 e. The summed E-state index contributed by atoms with van der Waals surface area (Å²) in [5, 5.41) is 3.72. The molecule has 0 unspecified atom stereocenters. The summed E-state index contributed by atoms with van der Waals surface area (Å²) in [5.74, 6) is 0.0979. The predicted octanol–water partition coefficient (Wildman–Crippen LogP) is 4.72. The van der Waals surface area contributed by atoms with Gasteiger partial charge in [0, 0.05) is 12.1 Å². The molecule has 0 fully saturated rings. The molecule has 1 heterocycles. The lowest BCUT2D eigenvalue weighted by Crippen LogP contribution is -2.08. The molecule has 20 heavy (non-hydrogen) atoms. The highest BCUT2D eigenvalue weighted by atomic mass is 35.5. The number of benzene rings is 1. The number of anilines is 1. The van der Waals surface area contributed by atoms with Crippen LogP contribution in [0.3, 0.4) is 0 Å². The van der Waals surface area contributed by atoms with Crippen molar-refractivity contribution in [3.8, 4) is 11.4 Å². The molecule has 0 aliphatic carbocycles. The fourth-order valence-corrected chi connectivity index (χ4v) is 2.10. The van der Waals surface area contributed by atoms with Crippen molar-refractivity contribution in [3.63, 3.8) is 0 Å². The average Bonchev–Trinajstić information content (AvgIpc) is 2.43. The zero-order valence-electron chi connectivity index (χ0n) is 11.2. The lowest BCUT2D eigenvalue weighted by atomic mass is 10.2. The van der Waals surface area contributed by atoms with Crippen molar-refractivity contribution in [2.24, 2.45) is 0 Å². The van der Waals surface area contributed by atoms with Gasteiger partial charge in [-0.25, -0.2) is 14.4 Å². The molecular weight excluding hydrogens is 300 g/mol. The standard InChI is InChI=1S/C14H14Cl2FN3/c1-3-7-18-14-12(17)8(2)19-13(20-14)9-5-4-6-10(15)11(9)16/h4-6H,3,7H2,1-2H3,(H,18,19,20). The van der Waals surface area contributed by atoms with Gasteiger partial charge in [-0.05, 0) is 25.5 Å². The summed E-state index contributed by atoms with van der Waals surface area (Å²) >= 11 is 12.1. The van der Waals surface area contributed by atoms with Crippen molar-refractivity contribution in [3.05, 3.63) is 39.8 Å². The minimum atomic E-state index is -0.444. The fourth-order valence-electron chi connectivity index (χ4n) is 1.72. The van der Waals surface area contributed by atoms with Crippen LogP contribution >= 0.6 is 23.2 Å². The van der Waals surface area contributed by atoms with E-state index in [-0.39, 0.29) is 11.5 Å². The highest BCUT2D eigenvalue weighted by molar-refractivity contribution is 6.43. The Morgan fingerprint density at radius 1 is 1.25 bits per heavy atom. The van der Waals surface area contributed by atoms with Gasteiger partial charge in [-0.15, -0.1) is 0 Å². The van der Waals surface area contributed by atoms with Crippen LogP contribution in [0.1, 0.15) is 19.0 Å².